The van der Waals surface area contributed by atoms with Crippen molar-refractivity contribution in [3.05, 3.63) is 157 Å². The molecule has 10 aromatic rings. The molecule has 10 N–H and O–H groups in total. The molecule has 0 unspecified atom stereocenters. The van der Waals surface area contributed by atoms with Gasteiger partial charge in [0.2, 0.25) is 0 Å². The van der Waals surface area contributed by atoms with Crippen molar-refractivity contribution < 1.29 is 28.6 Å². The average molecular weight is 1030 g/mol. The lowest BCUT2D eigenvalue weighted by Crippen LogP contribution is -2.13. The number of fused-ring (bicyclic) bond motifs is 4. The van der Waals surface area contributed by atoms with Gasteiger partial charge in [-0.25, -0.2) is 33.7 Å². The van der Waals surface area contributed by atoms with Crippen LogP contribution in [-0.2, 0) is 6.42 Å². The molecule has 2 amide bonds. The van der Waals surface area contributed by atoms with Crippen LogP contribution < -0.4 is 27.8 Å². The molecule has 6 heterocycles. The van der Waals surface area contributed by atoms with E-state index in [1.807, 2.05) is 44.2 Å². The first-order valence-corrected chi connectivity index (χ1v) is 23.0. The molecule has 0 saturated heterocycles. The summed E-state index contributed by atoms with van der Waals surface area (Å²) >= 11 is 20.0. The van der Waals surface area contributed by atoms with E-state index < -0.39 is 11.6 Å². The number of phenolic OH excluding ortho intramolecular Hbond substituents is 2. The molecule has 348 valence electrons. The minimum absolute atomic E-state index is 0.0669. The van der Waals surface area contributed by atoms with Crippen molar-refractivity contribution in [3.63, 3.8) is 0 Å². The topological polar surface area (TPSA) is 254 Å². The fourth-order valence-corrected chi connectivity index (χ4v) is 9.48. The molecule has 0 spiro atoms. The summed E-state index contributed by atoms with van der Waals surface area (Å²) in [7, 11) is 0. The summed E-state index contributed by atoms with van der Waals surface area (Å²) < 4.78 is 28.5. The molecule has 0 radical (unpaired) electrons. The molecule has 0 atom stereocenters. The Labute approximate surface area is 412 Å². The number of phenols is 2. The number of nitrogens with zero attached hydrogens (tertiary/aromatic N) is 6. The number of hydrogen-bond acceptors (Lipinski definition) is 15. The normalized spacial score (nSPS) is 11.0. The Bertz CT molecular complexity index is 3650. The molecule has 4 aromatic carbocycles. The molecular weight excluding hydrogens is 991 g/mol. The number of rotatable bonds is 6. The van der Waals surface area contributed by atoms with Gasteiger partial charge >= 0.3 is 0 Å². The summed E-state index contributed by atoms with van der Waals surface area (Å²) in [5.74, 6) is -1.97. The van der Waals surface area contributed by atoms with Crippen LogP contribution in [0.5, 0.6) is 11.5 Å². The molecular formula is C47H34Cl3F2N11O4S2. The summed E-state index contributed by atoms with van der Waals surface area (Å²) in [6, 6.07) is 16.5. The van der Waals surface area contributed by atoms with Crippen molar-refractivity contribution in [3.8, 4) is 11.5 Å². The molecule has 0 bridgehead atoms. The summed E-state index contributed by atoms with van der Waals surface area (Å²) in [6.45, 7) is 3.82. The van der Waals surface area contributed by atoms with E-state index in [0.29, 0.717) is 71.0 Å². The maximum Gasteiger partial charge on any atom is 0.258 e. The molecule has 0 fully saturated rings. The lowest BCUT2D eigenvalue weighted by molar-refractivity contribution is 0.102. The second-order valence-corrected chi connectivity index (χ2v) is 17.9. The number of nitrogen functional groups attached to an aromatic ring is 3. The number of nitrogens with one attached hydrogen (secondary N) is 2. The number of anilines is 5. The molecule has 0 saturated carbocycles. The maximum absolute atomic E-state index is 14.6. The van der Waals surface area contributed by atoms with Crippen molar-refractivity contribution in [2.75, 3.05) is 27.8 Å². The van der Waals surface area contributed by atoms with E-state index >= 15 is 0 Å². The standard InChI is InChI=1S/C24H17ClFN5O2S.C17H12ClN5OS.C6H5ClFNO/c1-11-2-4-13-14(6-7-28-16(13)8-12-3-5-17(32)18(25)19(12)26)20(11)31-24(33)15-9-34-22-21(15)29-10-30-23(22)27;1-8-2-3-10-9(4-5-20-15(10)18)12(8)23-17(24)11-6-25-14-13(11)21-7-22-16(14)19;7-5-4(10)2-1-3(9)6(5)8/h2-7,9-10,32H,8H2,1H3,(H,31,33)(H2,27,29,30);2-7H,1H3,(H,23,24)(H2,19,21,22);1-2,10H,9H2. The van der Waals surface area contributed by atoms with Gasteiger partial charge in [-0.15, -0.1) is 22.7 Å². The van der Waals surface area contributed by atoms with Crippen molar-refractivity contribution in [2.24, 2.45) is 0 Å². The van der Waals surface area contributed by atoms with Crippen molar-refractivity contribution in [1.82, 2.24) is 29.9 Å². The predicted octanol–water partition coefficient (Wildman–Crippen LogP) is 11.3. The number of aryl methyl sites for hydroxylation is 2. The highest BCUT2D eigenvalue weighted by molar-refractivity contribution is 7.18. The lowest BCUT2D eigenvalue weighted by Gasteiger charge is -2.14. The van der Waals surface area contributed by atoms with Crippen molar-refractivity contribution in [1.29, 1.82) is 0 Å². The van der Waals surface area contributed by atoms with Gasteiger partial charge in [-0.05, 0) is 60.9 Å². The number of thiophene rings is 2. The summed E-state index contributed by atoms with van der Waals surface area (Å²) in [5.41, 5.74) is 22.7. The van der Waals surface area contributed by atoms with Gasteiger partial charge in [0.1, 0.15) is 56.8 Å². The highest BCUT2D eigenvalue weighted by Gasteiger charge is 2.21. The lowest BCUT2D eigenvalue weighted by atomic mass is 10.00. The molecule has 69 heavy (non-hydrogen) atoms. The Balaban J connectivity index is 0.000000160. The second-order valence-electron chi connectivity index (χ2n) is 15.0. The Kier molecular flexibility index (Phi) is 13.9. The van der Waals surface area contributed by atoms with Crippen molar-refractivity contribution in [2.45, 2.75) is 20.3 Å². The Morgan fingerprint density at radius 3 is 1.65 bits per heavy atom. The molecule has 0 aliphatic carbocycles. The third-order valence-electron chi connectivity index (χ3n) is 10.7. The molecule has 15 nitrogen and oxygen atoms in total. The highest BCUT2D eigenvalue weighted by atomic mass is 35.5. The maximum atomic E-state index is 14.6. The Morgan fingerprint density at radius 1 is 0.609 bits per heavy atom. The minimum Gasteiger partial charge on any atom is -0.506 e. The zero-order chi connectivity index (χ0) is 49.3. The fraction of sp³-hybridized carbons (Fsp3) is 0.0638. The van der Waals surface area contributed by atoms with E-state index in [1.165, 1.54) is 59.6 Å². The van der Waals surface area contributed by atoms with Crippen LogP contribution in [0.2, 0.25) is 15.2 Å². The van der Waals surface area contributed by atoms with Crippen LogP contribution in [0.25, 0.3) is 42.0 Å². The second kappa shape index (κ2) is 20.0. The molecule has 0 aliphatic rings. The number of amides is 2. The van der Waals surface area contributed by atoms with E-state index in [2.05, 4.69) is 40.5 Å². The van der Waals surface area contributed by atoms with Gasteiger partial charge in [0.15, 0.2) is 5.82 Å². The minimum atomic E-state index is -0.776. The van der Waals surface area contributed by atoms with Gasteiger partial charge in [-0.1, -0.05) is 65.1 Å². The van der Waals surface area contributed by atoms with E-state index in [0.717, 1.165) is 32.7 Å². The number of pyridine rings is 2. The smallest absolute Gasteiger partial charge is 0.258 e. The van der Waals surface area contributed by atoms with E-state index in [9.17, 15) is 23.5 Å². The van der Waals surface area contributed by atoms with Crippen molar-refractivity contribution >= 4 is 140 Å². The first-order chi connectivity index (χ1) is 33.0. The largest absolute Gasteiger partial charge is 0.506 e. The number of carbonyl (C=O) groups excluding carboxylic acids is 2. The van der Waals surface area contributed by atoms with Gasteiger partial charge in [0, 0.05) is 51.1 Å². The number of aromatic nitrogens is 6. The number of halogens is 5. The van der Waals surface area contributed by atoms with Gasteiger partial charge in [0.05, 0.1) is 54.3 Å². The summed E-state index contributed by atoms with van der Waals surface area (Å²) in [5, 5.41) is 30.7. The van der Waals surface area contributed by atoms with Crippen LogP contribution in [0.15, 0.2) is 96.5 Å². The third kappa shape index (κ3) is 9.63. The first-order valence-electron chi connectivity index (χ1n) is 20.1. The van der Waals surface area contributed by atoms with Gasteiger partial charge in [-0.3, -0.25) is 14.6 Å². The Morgan fingerprint density at radius 2 is 1.10 bits per heavy atom. The van der Waals surface area contributed by atoms with Gasteiger partial charge in [-0.2, -0.15) is 0 Å². The van der Waals surface area contributed by atoms with E-state index in [1.54, 1.807) is 29.2 Å². The van der Waals surface area contributed by atoms with Gasteiger partial charge in [0.25, 0.3) is 11.8 Å². The average Bonchev–Trinajstić information content (AvgIpc) is 3.99. The fourth-order valence-electron chi connectivity index (χ4n) is 7.10. The quantitative estimate of drug-likeness (QED) is 0.0465. The number of carbonyl (C=O) groups is 2. The molecule has 10 rings (SSSR count). The molecule has 22 heteroatoms. The van der Waals surface area contributed by atoms with Crippen LogP contribution in [0, 0.1) is 25.5 Å². The van der Waals surface area contributed by atoms with Crippen LogP contribution in [-0.4, -0.2) is 51.9 Å². The first kappa shape index (κ1) is 47.9. The SMILES string of the molecule is Cc1ccc2c(Cc3ccc(O)c(Cl)c3F)nccc2c1NC(=O)c1csc2c(N)ncnc12.Cc1ccc2c(Cl)nccc2c1NC(=O)c1csc2c(N)ncnc12.Nc1ccc(O)c(Cl)c1F. The van der Waals surface area contributed by atoms with Crippen LogP contribution in [0.1, 0.15) is 43.1 Å². The monoisotopic (exact) mass is 1020 g/mol. The zero-order valence-corrected chi connectivity index (χ0v) is 39.7. The van der Waals surface area contributed by atoms with E-state index in [-0.39, 0.29) is 45.5 Å². The van der Waals surface area contributed by atoms with Crippen LogP contribution >= 0.6 is 57.5 Å². The molecule has 6 aromatic heterocycles. The van der Waals surface area contributed by atoms with Crippen LogP contribution in [0.3, 0.4) is 0 Å². The highest BCUT2D eigenvalue weighted by Crippen LogP contribution is 2.36. The predicted molar refractivity (Wildman–Crippen MR) is 271 cm³/mol. The van der Waals surface area contributed by atoms with E-state index in [4.69, 9.17) is 57.1 Å². The number of aromatic hydroxyl groups is 2. The Hall–Kier alpha value is -7.55. The number of nitrogens with two attached hydrogens (primary N) is 3. The van der Waals surface area contributed by atoms with Crippen LogP contribution in [0.4, 0.5) is 37.5 Å². The zero-order valence-electron chi connectivity index (χ0n) is 35.8. The number of hydrogen-bond donors (Lipinski definition) is 7. The summed E-state index contributed by atoms with van der Waals surface area (Å²) in [4.78, 5) is 50.8. The van der Waals surface area contributed by atoms with Gasteiger partial charge < -0.3 is 38.0 Å². The summed E-state index contributed by atoms with van der Waals surface area (Å²) in [6.07, 6.45) is 6.08. The number of benzene rings is 4. The molecule has 0 aliphatic heterocycles. The third-order valence-corrected chi connectivity index (χ3v) is 13.7.